The van der Waals surface area contributed by atoms with Crippen LogP contribution in [0, 0.1) is 6.92 Å². The summed E-state index contributed by atoms with van der Waals surface area (Å²) in [7, 11) is 0. The number of furan rings is 1. The van der Waals surface area contributed by atoms with Crippen molar-refractivity contribution in [1.82, 2.24) is 4.90 Å². The first-order chi connectivity index (χ1) is 14.3. The van der Waals surface area contributed by atoms with E-state index >= 15 is 0 Å². The fourth-order valence-corrected chi connectivity index (χ4v) is 4.45. The van der Waals surface area contributed by atoms with Gasteiger partial charge in [-0.2, -0.15) is 0 Å². The van der Waals surface area contributed by atoms with Crippen LogP contribution in [-0.2, 0) is 11.3 Å². The number of halogens is 3. The van der Waals surface area contributed by atoms with Gasteiger partial charge >= 0.3 is 0 Å². The van der Waals surface area contributed by atoms with Gasteiger partial charge in [-0.05, 0) is 54.6 Å². The summed E-state index contributed by atoms with van der Waals surface area (Å²) in [5.74, 6) is 0.658. The molecule has 0 saturated carbocycles. The molecule has 1 fully saturated rings. The Labute approximate surface area is 192 Å². The minimum atomic E-state index is -0.419. The van der Waals surface area contributed by atoms with Crippen molar-refractivity contribution in [1.29, 1.82) is 0 Å². The molecular formula is C22H14Cl3NO3S. The summed E-state index contributed by atoms with van der Waals surface area (Å²) in [5.41, 5.74) is 2.33. The number of benzene rings is 2. The Morgan fingerprint density at radius 1 is 1.00 bits per heavy atom. The Morgan fingerprint density at radius 2 is 1.73 bits per heavy atom. The number of rotatable bonds is 4. The number of thioether (sulfide) groups is 1. The number of aryl methyl sites for hydroxylation is 1. The summed E-state index contributed by atoms with van der Waals surface area (Å²) in [5, 5.41) is 1.06. The Kier molecular flexibility index (Phi) is 5.98. The van der Waals surface area contributed by atoms with E-state index in [4.69, 9.17) is 39.2 Å². The van der Waals surface area contributed by atoms with Crippen molar-refractivity contribution in [3.8, 4) is 11.3 Å². The lowest BCUT2D eigenvalue weighted by Gasteiger charge is -2.14. The van der Waals surface area contributed by atoms with Gasteiger partial charge in [0, 0.05) is 32.3 Å². The molecule has 1 aliphatic heterocycles. The highest BCUT2D eigenvalue weighted by Crippen LogP contribution is 2.36. The van der Waals surface area contributed by atoms with Gasteiger partial charge in [-0.25, -0.2) is 0 Å². The average molecular weight is 479 g/mol. The molecule has 2 amide bonds. The SMILES string of the molecule is Cc1ccc(-c2ccc(/C=C3\SC(=O)N(Cc4c(Cl)cccc4Cl)C3=O)o2)cc1Cl. The van der Waals surface area contributed by atoms with Crippen LogP contribution in [0.15, 0.2) is 57.9 Å². The van der Waals surface area contributed by atoms with Gasteiger partial charge < -0.3 is 4.42 Å². The van der Waals surface area contributed by atoms with Gasteiger partial charge in [-0.3, -0.25) is 14.5 Å². The van der Waals surface area contributed by atoms with Crippen molar-refractivity contribution in [2.24, 2.45) is 0 Å². The zero-order valence-corrected chi connectivity index (χ0v) is 18.7. The topological polar surface area (TPSA) is 50.5 Å². The third-order valence-electron chi connectivity index (χ3n) is 4.61. The summed E-state index contributed by atoms with van der Waals surface area (Å²) >= 11 is 19.4. The van der Waals surface area contributed by atoms with Crippen LogP contribution in [0.5, 0.6) is 0 Å². The van der Waals surface area contributed by atoms with Gasteiger partial charge in [-0.15, -0.1) is 0 Å². The van der Waals surface area contributed by atoms with E-state index in [1.807, 2.05) is 25.1 Å². The predicted molar refractivity (Wildman–Crippen MR) is 122 cm³/mol. The number of carbonyl (C=O) groups is 2. The summed E-state index contributed by atoms with van der Waals surface area (Å²) in [6.45, 7) is 1.93. The molecule has 4 nitrogen and oxygen atoms in total. The molecular weight excluding hydrogens is 465 g/mol. The lowest BCUT2D eigenvalue weighted by atomic mass is 10.1. The van der Waals surface area contributed by atoms with E-state index < -0.39 is 5.91 Å². The van der Waals surface area contributed by atoms with Gasteiger partial charge in [0.05, 0.1) is 11.4 Å². The Morgan fingerprint density at radius 3 is 2.43 bits per heavy atom. The maximum absolute atomic E-state index is 12.8. The molecule has 1 aromatic heterocycles. The highest BCUT2D eigenvalue weighted by atomic mass is 35.5. The largest absolute Gasteiger partial charge is 0.457 e. The Hall–Kier alpha value is -2.18. The summed E-state index contributed by atoms with van der Waals surface area (Å²) in [6, 6.07) is 14.2. The minimum Gasteiger partial charge on any atom is -0.457 e. The van der Waals surface area contributed by atoms with Crippen LogP contribution in [0.4, 0.5) is 4.79 Å². The van der Waals surface area contributed by atoms with Crippen LogP contribution in [0.3, 0.4) is 0 Å². The van der Waals surface area contributed by atoms with Crippen molar-refractivity contribution in [2.45, 2.75) is 13.5 Å². The molecule has 0 bridgehead atoms. The number of imide groups is 1. The first kappa shape index (κ1) is 21.1. The van der Waals surface area contributed by atoms with Crippen LogP contribution in [0.25, 0.3) is 17.4 Å². The third-order valence-corrected chi connectivity index (χ3v) is 6.63. The first-order valence-corrected chi connectivity index (χ1v) is 10.8. The quantitative estimate of drug-likeness (QED) is 0.365. The smallest absolute Gasteiger partial charge is 0.293 e. The average Bonchev–Trinajstić information content (AvgIpc) is 3.27. The predicted octanol–water partition coefficient (Wildman–Crippen LogP) is 7.45. The maximum atomic E-state index is 12.8. The zero-order chi connectivity index (χ0) is 21.4. The lowest BCUT2D eigenvalue weighted by Crippen LogP contribution is -2.27. The zero-order valence-electron chi connectivity index (χ0n) is 15.6. The van der Waals surface area contributed by atoms with Crippen LogP contribution in [-0.4, -0.2) is 16.0 Å². The van der Waals surface area contributed by atoms with E-state index in [1.165, 1.54) is 0 Å². The molecule has 1 saturated heterocycles. The monoisotopic (exact) mass is 477 g/mol. The molecule has 0 unspecified atom stereocenters. The minimum absolute atomic E-state index is 0.00574. The number of amides is 2. The van der Waals surface area contributed by atoms with E-state index in [9.17, 15) is 9.59 Å². The van der Waals surface area contributed by atoms with Crippen LogP contribution in [0.1, 0.15) is 16.9 Å². The molecule has 3 aromatic rings. The van der Waals surface area contributed by atoms with Crippen molar-refractivity contribution >= 4 is 63.8 Å². The van der Waals surface area contributed by atoms with E-state index in [1.54, 1.807) is 36.4 Å². The normalized spacial score (nSPS) is 15.5. The molecule has 2 heterocycles. The molecule has 0 atom stereocenters. The van der Waals surface area contributed by atoms with Crippen LogP contribution < -0.4 is 0 Å². The van der Waals surface area contributed by atoms with Crippen molar-refractivity contribution in [2.75, 3.05) is 0 Å². The number of nitrogens with zero attached hydrogens (tertiary/aromatic N) is 1. The number of carbonyl (C=O) groups excluding carboxylic acids is 2. The first-order valence-electron chi connectivity index (χ1n) is 8.88. The van der Waals surface area contributed by atoms with E-state index in [0.29, 0.717) is 32.2 Å². The van der Waals surface area contributed by atoms with Gasteiger partial charge in [0.2, 0.25) is 0 Å². The molecule has 2 aromatic carbocycles. The van der Waals surface area contributed by atoms with Gasteiger partial charge in [0.15, 0.2) is 0 Å². The number of hydrogen-bond acceptors (Lipinski definition) is 4. The van der Waals surface area contributed by atoms with Crippen molar-refractivity contribution < 1.29 is 14.0 Å². The van der Waals surface area contributed by atoms with Gasteiger partial charge in [0.1, 0.15) is 11.5 Å². The second kappa shape index (κ2) is 8.52. The van der Waals surface area contributed by atoms with Gasteiger partial charge in [-0.1, -0.05) is 53.0 Å². The second-order valence-electron chi connectivity index (χ2n) is 6.63. The third kappa shape index (κ3) is 4.16. The van der Waals surface area contributed by atoms with E-state index in [2.05, 4.69) is 0 Å². The van der Waals surface area contributed by atoms with E-state index in [0.717, 1.165) is 27.8 Å². The Balaban J connectivity index is 1.57. The Bertz CT molecular complexity index is 1180. The highest BCUT2D eigenvalue weighted by Gasteiger charge is 2.36. The van der Waals surface area contributed by atoms with Crippen LogP contribution in [0.2, 0.25) is 15.1 Å². The second-order valence-corrected chi connectivity index (χ2v) is 8.85. The molecule has 0 radical (unpaired) electrons. The fourth-order valence-electron chi connectivity index (χ4n) is 2.94. The number of hydrogen-bond donors (Lipinski definition) is 0. The molecule has 0 aliphatic carbocycles. The van der Waals surface area contributed by atoms with Gasteiger partial charge in [0.25, 0.3) is 11.1 Å². The fraction of sp³-hybridized carbons (Fsp3) is 0.0909. The summed E-state index contributed by atoms with van der Waals surface area (Å²) in [6.07, 6.45) is 1.55. The molecule has 8 heteroatoms. The molecule has 30 heavy (non-hydrogen) atoms. The molecule has 0 spiro atoms. The van der Waals surface area contributed by atoms with E-state index in [-0.39, 0.29) is 16.7 Å². The highest BCUT2D eigenvalue weighted by molar-refractivity contribution is 8.18. The standard InChI is InChI=1S/C22H14Cl3NO3S/c1-12-5-6-13(9-18(12)25)19-8-7-14(29-19)10-20-21(27)26(22(28)30-20)11-15-16(23)3-2-4-17(15)24/h2-10H,11H2,1H3/b20-10-. The summed E-state index contributed by atoms with van der Waals surface area (Å²) in [4.78, 5) is 26.6. The van der Waals surface area contributed by atoms with Crippen molar-refractivity contribution in [3.63, 3.8) is 0 Å². The molecule has 152 valence electrons. The molecule has 1 aliphatic rings. The van der Waals surface area contributed by atoms with Crippen LogP contribution >= 0.6 is 46.6 Å². The van der Waals surface area contributed by atoms with Crippen molar-refractivity contribution in [3.05, 3.63) is 85.4 Å². The maximum Gasteiger partial charge on any atom is 0.293 e. The lowest BCUT2D eigenvalue weighted by molar-refractivity contribution is -0.123. The molecule has 4 rings (SSSR count). The summed E-state index contributed by atoms with van der Waals surface area (Å²) < 4.78 is 5.83. The molecule has 0 N–H and O–H groups in total.